The van der Waals surface area contributed by atoms with Crippen molar-refractivity contribution in [2.75, 3.05) is 41.0 Å². The number of benzene rings is 1. The topological polar surface area (TPSA) is 24.9 Å². The van der Waals surface area contributed by atoms with E-state index in [0.717, 1.165) is 23.6 Å². The first kappa shape index (κ1) is 17.4. The van der Waals surface area contributed by atoms with E-state index in [0.29, 0.717) is 13.3 Å². The lowest BCUT2D eigenvalue weighted by molar-refractivity contribution is 0.177. The van der Waals surface area contributed by atoms with Crippen molar-refractivity contribution in [3.63, 3.8) is 0 Å². The Kier molecular flexibility index (Phi) is 7.12. The molecule has 0 radical (unpaired) electrons. The van der Waals surface area contributed by atoms with Crippen LogP contribution in [0.5, 0.6) is 5.75 Å². The number of likely N-dealkylation sites (N-methyl/N-ethyl adjacent to an activating group) is 1. The zero-order chi connectivity index (χ0) is 14.4. The number of halogens is 1. The highest BCUT2D eigenvalue weighted by Gasteiger charge is 2.05. The Morgan fingerprint density at radius 2 is 1.95 bits per heavy atom. The summed E-state index contributed by atoms with van der Waals surface area (Å²) in [6, 6.07) is 8.07. The van der Waals surface area contributed by atoms with Gasteiger partial charge in [0.05, 0.1) is 0 Å². The summed E-state index contributed by atoms with van der Waals surface area (Å²) in [5.74, 6) is 1.79. The van der Waals surface area contributed by atoms with Gasteiger partial charge in [-0.3, -0.25) is 0 Å². The fourth-order valence-corrected chi connectivity index (χ4v) is 1.76. The third-order valence-electron chi connectivity index (χ3n) is 2.91. The van der Waals surface area contributed by atoms with Gasteiger partial charge in [-0.25, -0.2) is 0 Å². The second-order valence-electron chi connectivity index (χ2n) is 5.12. The number of nitrogens with zero attached hydrogens (tertiary/aromatic N) is 2. The Bertz CT molecular complexity index is 484. The van der Waals surface area contributed by atoms with E-state index in [2.05, 4.69) is 4.90 Å². The number of hydrogen-bond donors (Lipinski definition) is 0. The van der Waals surface area contributed by atoms with Crippen LogP contribution in [0.4, 0.5) is 0 Å². The zero-order valence-corrected chi connectivity index (χ0v) is 13.6. The average molecular weight is 311 g/mol. The van der Waals surface area contributed by atoms with Gasteiger partial charge in [-0.1, -0.05) is 18.2 Å². The molecule has 0 fully saturated rings. The first-order valence-electron chi connectivity index (χ1n) is 6.74. The van der Waals surface area contributed by atoms with Gasteiger partial charge in [0, 0.05) is 19.8 Å². The summed E-state index contributed by atoms with van der Waals surface area (Å²) in [5.41, 5.74) is 1.13. The van der Waals surface area contributed by atoms with Gasteiger partial charge in [0.15, 0.2) is 6.73 Å². The van der Waals surface area contributed by atoms with Crippen LogP contribution in [0.3, 0.4) is 0 Å². The largest absolute Gasteiger partial charge is 0.492 e. The quantitative estimate of drug-likeness (QED) is 0.806. The van der Waals surface area contributed by atoms with E-state index in [1.165, 1.54) is 0 Å². The molecule has 2 rings (SSSR count). The smallest absolute Gasteiger partial charge is 0.161 e. The molecule has 21 heavy (non-hydrogen) atoms. The van der Waals surface area contributed by atoms with E-state index < -0.39 is 0 Å². The molecule has 0 aromatic heterocycles. The fourth-order valence-electron chi connectivity index (χ4n) is 1.76. The van der Waals surface area contributed by atoms with Crippen LogP contribution < -0.4 is 4.74 Å². The Hall–Kier alpha value is -1.65. The van der Waals surface area contributed by atoms with Crippen LogP contribution in [0.1, 0.15) is 5.56 Å². The molecular formula is C16H23ClN2O2. The van der Waals surface area contributed by atoms with Crippen LogP contribution in [0.15, 0.2) is 42.3 Å². The van der Waals surface area contributed by atoms with Gasteiger partial charge in [-0.15, -0.1) is 12.4 Å². The predicted octanol–water partition coefficient (Wildman–Crippen LogP) is 2.82. The lowest BCUT2D eigenvalue weighted by Crippen LogP contribution is -2.19. The summed E-state index contributed by atoms with van der Waals surface area (Å²) in [6.45, 7) is 2.24. The summed E-state index contributed by atoms with van der Waals surface area (Å²) in [6.07, 6.45) is 6.00. The highest BCUT2D eigenvalue weighted by atomic mass is 35.5. The molecule has 0 bridgehead atoms. The molecule has 0 saturated carbocycles. The Balaban J connectivity index is 0.00000220. The van der Waals surface area contributed by atoms with Gasteiger partial charge >= 0.3 is 0 Å². The van der Waals surface area contributed by atoms with Crippen LogP contribution in [-0.4, -0.2) is 50.8 Å². The van der Waals surface area contributed by atoms with Crippen LogP contribution in [0.25, 0.3) is 6.08 Å². The molecule has 0 spiro atoms. The molecule has 0 aliphatic carbocycles. The minimum atomic E-state index is 0. The molecule has 0 atom stereocenters. The highest BCUT2D eigenvalue weighted by Crippen LogP contribution is 2.15. The highest BCUT2D eigenvalue weighted by molar-refractivity contribution is 5.85. The molecule has 0 unspecified atom stereocenters. The van der Waals surface area contributed by atoms with E-state index in [4.69, 9.17) is 9.47 Å². The first-order chi connectivity index (χ1) is 9.63. The zero-order valence-electron chi connectivity index (χ0n) is 12.8. The molecule has 0 N–H and O–H groups in total. The summed E-state index contributed by atoms with van der Waals surface area (Å²) < 4.78 is 11.1. The van der Waals surface area contributed by atoms with Gasteiger partial charge in [-0.05, 0) is 37.9 Å². The normalized spacial score (nSPS) is 14.1. The molecule has 1 aliphatic heterocycles. The number of ether oxygens (including phenoxy) is 2. The maximum absolute atomic E-state index is 5.66. The molecule has 4 nitrogen and oxygen atoms in total. The summed E-state index contributed by atoms with van der Waals surface area (Å²) in [5, 5.41) is 0. The van der Waals surface area contributed by atoms with Crippen LogP contribution in [-0.2, 0) is 4.74 Å². The Morgan fingerprint density at radius 3 is 2.52 bits per heavy atom. The number of allylic oxidation sites excluding steroid dienone is 1. The third kappa shape index (κ3) is 6.10. The van der Waals surface area contributed by atoms with Gasteiger partial charge in [0.1, 0.15) is 18.1 Å². The van der Waals surface area contributed by atoms with E-state index in [9.17, 15) is 0 Å². The van der Waals surface area contributed by atoms with Crippen LogP contribution >= 0.6 is 12.4 Å². The van der Waals surface area contributed by atoms with Crippen molar-refractivity contribution in [1.82, 2.24) is 9.80 Å². The molecule has 116 valence electrons. The van der Waals surface area contributed by atoms with Gasteiger partial charge in [0.2, 0.25) is 0 Å². The van der Waals surface area contributed by atoms with E-state index in [-0.39, 0.29) is 12.4 Å². The van der Waals surface area contributed by atoms with Crippen molar-refractivity contribution in [2.24, 2.45) is 0 Å². The molecule has 1 heterocycles. The van der Waals surface area contributed by atoms with Gasteiger partial charge < -0.3 is 19.3 Å². The second-order valence-corrected chi connectivity index (χ2v) is 5.12. The lowest BCUT2D eigenvalue weighted by Gasteiger charge is -2.10. The average Bonchev–Trinajstić information content (AvgIpc) is 2.83. The third-order valence-corrected chi connectivity index (χ3v) is 2.91. The van der Waals surface area contributed by atoms with Crippen molar-refractivity contribution in [3.05, 3.63) is 47.9 Å². The maximum atomic E-state index is 5.66. The molecule has 1 aromatic carbocycles. The SMILES string of the molecule is CN(C)CCOc1ccc(/C=C/C2=CN(C)CO2)cc1.Cl. The Labute approximate surface area is 133 Å². The molecule has 1 aromatic rings. The van der Waals surface area contributed by atoms with Crippen molar-refractivity contribution in [3.8, 4) is 5.75 Å². The second kappa shape index (κ2) is 8.60. The van der Waals surface area contributed by atoms with Gasteiger partial charge in [-0.2, -0.15) is 0 Å². The monoisotopic (exact) mass is 310 g/mol. The molecule has 0 saturated heterocycles. The number of rotatable bonds is 6. The first-order valence-corrected chi connectivity index (χ1v) is 6.74. The van der Waals surface area contributed by atoms with Crippen molar-refractivity contribution >= 4 is 18.5 Å². The Morgan fingerprint density at radius 1 is 1.24 bits per heavy atom. The lowest BCUT2D eigenvalue weighted by atomic mass is 10.2. The maximum Gasteiger partial charge on any atom is 0.161 e. The molecule has 1 aliphatic rings. The van der Waals surface area contributed by atoms with Gasteiger partial charge in [0.25, 0.3) is 0 Å². The van der Waals surface area contributed by atoms with E-state index in [1.807, 2.05) is 68.7 Å². The summed E-state index contributed by atoms with van der Waals surface area (Å²) in [7, 11) is 6.06. The molecule has 5 heteroatoms. The minimum Gasteiger partial charge on any atom is -0.492 e. The summed E-state index contributed by atoms with van der Waals surface area (Å²) in [4.78, 5) is 4.10. The fraction of sp³-hybridized carbons (Fsp3) is 0.375. The number of hydrogen-bond acceptors (Lipinski definition) is 4. The standard InChI is InChI=1S/C16H22N2O2.ClH/c1-17(2)10-11-19-15-7-4-14(5-8-15)6-9-16-12-18(3)13-20-16;/h4-9,12H,10-11,13H2,1-3H3;1H/b9-6+;. The van der Waals surface area contributed by atoms with Crippen molar-refractivity contribution in [1.29, 1.82) is 0 Å². The van der Waals surface area contributed by atoms with E-state index >= 15 is 0 Å². The molecular weight excluding hydrogens is 288 g/mol. The minimum absolute atomic E-state index is 0. The van der Waals surface area contributed by atoms with Crippen molar-refractivity contribution in [2.45, 2.75) is 0 Å². The van der Waals surface area contributed by atoms with Crippen LogP contribution in [0, 0.1) is 0 Å². The van der Waals surface area contributed by atoms with Crippen LogP contribution in [0.2, 0.25) is 0 Å². The van der Waals surface area contributed by atoms with Crippen molar-refractivity contribution < 1.29 is 9.47 Å². The predicted molar refractivity (Wildman–Crippen MR) is 88.6 cm³/mol. The summed E-state index contributed by atoms with van der Waals surface area (Å²) >= 11 is 0. The van der Waals surface area contributed by atoms with E-state index in [1.54, 1.807) is 0 Å². The molecule has 0 amide bonds.